The summed E-state index contributed by atoms with van der Waals surface area (Å²) in [4.78, 5) is 26.6. The van der Waals surface area contributed by atoms with Gasteiger partial charge in [-0.1, -0.05) is 54.6 Å². The minimum atomic E-state index is -0.565. The van der Waals surface area contributed by atoms with E-state index in [1.807, 2.05) is 42.5 Å². The van der Waals surface area contributed by atoms with E-state index in [9.17, 15) is 14.0 Å². The maximum absolute atomic E-state index is 14.1. The number of nitrogens with zero attached hydrogens (tertiary/aromatic N) is 1. The number of nitrogens with one attached hydrogen (secondary N) is 1. The summed E-state index contributed by atoms with van der Waals surface area (Å²) in [5.41, 5.74) is 1.92. The molecule has 0 bridgehead atoms. The predicted octanol–water partition coefficient (Wildman–Crippen LogP) is 4.44. The number of para-hydroxylation sites is 3. The number of hydrogen-bond acceptors (Lipinski definition) is 3. The zero-order valence-corrected chi connectivity index (χ0v) is 17.0. The van der Waals surface area contributed by atoms with Crippen LogP contribution in [0.15, 0.2) is 78.9 Å². The number of halogens is 1. The van der Waals surface area contributed by atoms with Crippen molar-refractivity contribution in [1.82, 2.24) is 0 Å². The number of ether oxygens (including phenoxy) is 1. The quantitative estimate of drug-likeness (QED) is 0.617. The number of carbonyl (C=O) groups excluding carboxylic acids is 2. The van der Waals surface area contributed by atoms with Gasteiger partial charge in [0.25, 0.3) is 0 Å². The molecule has 31 heavy (non-hydrogen) atoms. The maximum atomic E-state index is 14.1. The van der Waals surface area contributed by atoms with E-state index in [0.29, 0.717) is 18.0 Å². The first-order valence-corrected chi connectivity index (χ1v) is 10.2. The van der Waals surface area contributed by atoms with Crippen LogP contribution in [0.25, 0.3) is 0 Å². The third kappa shape index (κ3) is 4.91. The van der Waals surface area contributed by atoms with E-state index in [0.717, 1.165) is 6.42 Å². The summed E-state index contributed by atoms with van der Waals surface area (Å²) < 4.78 is 20.0. The van der Waals surface area contributed by atoms with Gasteiger partial charge in [-0.2, -0.15) is 0 Å². The zero-order valence-electron chi connectivity index (χ0n) is 17.0. The summed E-state index contributed by atoms with van der Waals surface area (Å²) in [6.07, 6.45) is 0.787. The summed E-state index contributed by atoms with van der Waals surface area (Å²) in [5.74, 6) is -1.02. The Morgan fingerprint density at radius 2 is 1.71 bits per heavy atom. The summed E-state index contributed by atoms with van der Waals surface area (Å²) in [5, 5.41) is 2.87. The molecule has 1 unspecified atom stereocenters. The Kier molecular flexibility index (Phi) is 6.26. The molecule has 3 aromatic rings. The van der Waals surface area contributed by atoms with Crippen molar-refractivity contribution in [2.24, 2.45) is 5.92 Å². The third-order valence-electron chi connectivity index (χ3n) is 5.28. The Labute approximate surface area is 180 Å². The first-order chi connectivity index (χ1) is 15.1. The molecular weight excluding hydrogens is 395 g/mol. The van der Waals surface area contributed by atoms with Crippen molar-refractivity contribution in [3.63, 3.8) is 0 Å². The Morgan fingerprint density at radius 1 is 1.00 bits per heavy atom. The highest BCUT2D eigenvalue weighted by molar-refractivity contribution is 6.04. The van der Waals surface area contributed by atoms with E-state index in [4.69, 9.17) is 4.74 Å². The lowest BCUT2D eigenvalue weighted by Gasteiger charge is -2.18. The maximum Gasteiger partial charge on any atom is 0.229 e. The van der Waals surface area contributed by atoms with Crippen LogP contribution < -0.4 is 15.0 Å². The first kappa shape index (κ1) is 20.6. The molecule has 1 N–H and O–H groups in total. The fraction of sp³-hybridized carbons (Fsp3) is 0.200. The monoisotopic (exact) mass is 418 g/mol. The van der Waals surface area contributed by atoms with Crippen LogP contribution in [-0.2, 0) is 16.0 Å². The van der Waals surface area contributed by atoms with Gasteiger partial charge in [0.2, 0.25) is 11.8 Å². The second-order valence-corrected chi connectivity index (χ2v) is 7.43. The van der Waals surface area contributed by atoms with Crippen molar-refractivity contribution in [1.29, 1.82) is 0 Å². The molecule has 1 fully saturated rings. The highest BCUT2D eigenvalue weighted by Gasteiger charge is 2.36. The van der Waals surface area contributed by atoms with Crippen LogP contribution in [0.5, 0.6) is 5.75 Å². The summed E-state index contributed by atoms with van der Waals surface area (Å²) >= 11 is 0. The van der Waals surface area contributed by atoms with Gasteiger partial charge in [0.05, 0.1) is 23.9 Å². The van der Waals surface area contributed by atoms with Crippen molar-refractivity contribution in [3.8, 4) is 5.75 Å². The van der Waals surface area contributed by atoms with Gasteiger partial charge in [-0.25, -0.2) is 4.39 Å². The van der Waals surface area contributed by atoms with Crippen LogP contribution in [-0.4, -0.2) is 25.0 Å². The van der Waals surface area contributed by atoms with Crippen LogP contribution in [0.2, 0.25) is 0 Å². The summed E-state index contributed by atoms with van der Waals surface area (Å²) in [6, 6.07) is 23.3. The molecule has 1 aliphatic heterocycles. The van der Waals surface area contributed by atoms with Crippen molar-refractivity contribution in [3.05, 3.63) is 90.2 Å². The molecule has 1 saturated heterocycles. The predicted molar refractivity (Wildman–Crippen MR) is 118 cm³/mol. The molecule has 4 rings (SSSR count). The number of rotatable bonds is 7. The van der Waals surface area contributed by atoms with Crippen molar-refractivity contribution in [2.45, 2.75) is 12.8 Å². The van der Waals surface area contributed by atoms with Gasteiger partial charge in [-0.05, 0) is 29.8 Å². The molecule has 0 spiro atoms. The van der Waals surface area contributed by atoms with Crippen LogP contribution in [0, 0.1) is 11.7 Å². The number of amides is 2. The van der Waals surface area contributed by atoms with Gasteiger partial charge >= 0.3 is 0 Å². The smallest absolute Gasteiger partial charge is 0.229 e. The molecule has 6 heteroatoms. The Bertz CT molecular complexity index is 1070. The SMILES string of the molecule is O=C(Nc1ccccc1OCCc1ccccc1)C1CC(=O)N(c2ccccc2F)C1. The molecule has 158 valence electrons. The molecule has 0 saturated carbocycles. The third-order valence-corrected chi connectivity index (χ3v) is 5.28. The minimum absolute atomic E-state index is 0.0389. The molecule has 1 atom stereocenters. The van der Waals surface area contributed by atoms with Crippen molar-refractivity contribution in [2.75, 3.05) is 23.4 Å². The minimum Gasteiger partial charge on any atom is -0.491 e. The number of carbonyl (C=O) groups is 2. The molecule has 3 aromatic carbocycles. The zero-order chi connectivity index (χ0) is 21.6. The average molecular weight is 418 g/mol. The lowest BCUT2D eigenvalue weighted by Crippen LogP contribution is -2.28. The van der Waals surface area contributed by atoms with Crippen molar-refractivity contribution < 1.29 is 18.7 Å². The highest BCUT2D eigenvalue weighted by Crippen LogP contribution is 2.29. The Balaban J connectivity index is 1.39. The molecule has 0 aromatic heterocycles. The van der Waals surface area contributed by atoms with Crippen LogP contribution in [0.1, 0.15) is 12.0 Å². The molecular formula is C25H23FN2O3. The number of hydrogen-bond donors (Lipinski definition) is 1. The molecule has 5 nitrogen and oxygen atoms in total. The van der Waals surface area contributed by atoms with E-state index in [1.54, 1.807) is 30.3 Å². The van der Waals surface area contributed by atoms with Gasteiger partial charge in [0.15, 0.2) is 0 Å². The van der Waals surface area contributed by atoms with E-state index >= 15 is 0 Å². The molecule has 0 radical (unpaired) electrons. The van der Waals surface area contributed by atoms with Crippen LogP contribution >= 0.6 is 0 Å². The Morgan fingerprint density at radius 3 is 2.52 bits per heavy atom. The second-order valence-electron chi connectivity index (χ2n) is 7.43. The highest BCUT2D eigenvalue weighted by atomic mass is 19.1. The van der Waals surface area contributed by atoms with Gasteiger partial charge < -0.3 is 15.0 Å². The van der Waals surface area contributed by atoms with Crippen molar-refractivity contribution >= 4 is 23.2 Å². The molecule has 0 aliphatic carbocycles. The van der Waals surface area contributed by atoms with Gasteiger partial charge in [0.1, 0.15) is 11.6 Å². The second kappa shape index (κ2) is 9.43. The standard InChI is InChI=1S/C25H23FN2O3/c26-20-10-4-6-12-22(20)28-17-19(16-24(28)29)25(30)27-21-11-5-7-13-23(21)31-15-14-18-8-2-1-3-9-18/h1-13,19H,14-17H2,(H,27,30). The Hall–Kier alpha value is -3.67. The first-order valence-electron chi connectivity index (χ1n) is 10.2. The molecule has 1 heterocycles. The largest absolute Gasteiger partial charge is 0.491 e. The van der Waals surface area contributed by atoms with E-state index < -0.39 is 11.7 Å². The normalized spacial score (nSPS) is 15.7. The van der Waals surface area contributed by atoms with Gasteiger partial charge in [-0.15, -0.1) is 0 Å². The summed E-state index contributed by atoms with van der Waals surface area (Å²) in [6.45, 7) is 0.614. The fourth-order valence-electron chi connectivity index (χ4n) is 3.64. The average Bonchev–Trinajstić information content (AvgIpc) is 3.17. The fourth-order valence-corrected chi connectivity index (χ4v) is 3.64. The lowest BCUT2D eigenvalue weighted by molar-refractivity contribution is -0.122. The number of benzene rings is 3. The van der Waals surface area contributed by atoms with Crippen LogP contribution in [0.3, 0.4) is 0 Å². The van der Waals surface area contributed by atoms with Gasteiger partial charge in [0, 0.05) is 19.4 Å². The van der Waals surface area contributed by atoms with Crippen LogP contribution in [0.4, 0.5) is 15.8 Å². The topological polar surface area (TPSA) is 58.6 Å². The van der Waals surface area contributed by atoms with Gasteiger partial charge in [-0.3, -0.25) is 9.59 Å². The summed E-state index contributed by atoms with van der Waals surface area (Å²) in [7, 11) is 0. The lowest BCUT2D eigenvalue weighted by atomic mass is 10.1. The van der Waals surface area contributed by atoms with E-state index in [-0.39, 0.29) is 30.5 Å². The van der Waals surface area contributed by atoms with E-state index in [1.165, 1.54) is 16.5 Å². The number of anilines is 2. The molecule has 1 aliphatic rings. The van der Waals surface area contributed by atoms with E-state index in [2.05, 4.69) is 5.32 Å². The molecule has 2 amide bonds.